The van der Waals surface area contributed by atoms with Crippen LogP contribution in [0.1, 0.15) is 11.1 Å². The summed E-state index contributed by atoms with van der Waals surface area (Å²) in [6.07, 6.45) is -4.59. The van der Waals surface area contributed by atoms with Crippen molar-refractivity contribution >= 4 is 33.7 Å². The number of anilines is 1. The van der Waals surface area contributed by atoms with Gasteiger partial charge in [0.25, 0.3) is 5.56 Å². The van der Waals surface area contributed by atoms with E-state index in [2.05, 4.69) is 5.32 Å². The Bertz CT molecular complexity index is 1780. The molecule has 0 aliphatic rings. The van der Waals surface area contributed by atoms with Gasteiger partial charge in [-0.3, -0.25) is 18.7 Å². The van der Waals surface area contributed by atoms with Crippen molar-refractivity contribution in [2.24, 2.45) is 0 Å². The van der Waals surface area contributed by atoms with Crippen LogP contribution in [0.5, 0.6) is 5.75 Å². The summed E-state index contributed by atoms with van der Waals surface area (Å²) in [6, 6.07) is 17.6. The van der Waals surface area contributed by atoms with E-state index in [4.69, 9.17) is 9.15 Å². The third-order valence-electron chi connectivity index (χ3n) is 6.02. The molecule has 5 aromatic rings. The number of methoxy groups -OCH3 is 1. The number of ether oxygens (including phenoxy) is 1. The summed E-state index contributed by atoms with van der Waals surface area (Å²) in [6.45, 7) is -0.679. The molecule has 0 atom stereocenters. The minimum Gasteiger partial charge on any atom is -0.497 e. The third-order valence-corrected chi connectivity index (χ3v) is 6.02. The summed E-state index contributed by atoms with van der Waals surface area (Å²) in [5.74, 6) is -0.162. The van der Waals surface area contributed by atoms with Crippen molar-refractivity contribution in [1.29, 1.82) is 0 Å². The highest BCUT2D eigenvalue weighted by Crippen LogP contribution is 2.31. The SMILES string of the molecule is COc1ccc(Cn2c(=O)c3oc4ccccc4c3n(CC(=O)Nc3cccc(C(F)(F)F)c3)c2=O)cc1. The molecule has 1 N–H and O–H groups in total. The molecule has 0 bridgehead atoms. The Morgan fingerprint density at radius 2 is 1.71 bits per heavy atom. The Hall–Kier alpha value is -4.80. The number of rotatable bonds is 6. The molecule has 11 heteroatoms. The molecular weight excluding hydrogens is 503 g/mol. The summed E-state index contributed by atoms with van der Waals surface area (Å²) in [5, 5.41) is 2.85. The number of furan rings is 1. The van der Waals surface area contributed by atoms with E-state index in [9.17, 15) is 27.6 Å². The van der Waals surface area contributed by atoms with Gasteiger partial charge < -0.3 is 14.5 Å². The molecule has 8 nitrogen and oxygen atoms in total. The molecule has 3 aromatic carbocycles. The molecule has 38 heavy (non-hydrogen) atoms. The molecule has 194 valence electrons. The number of benzene rings is 3. The number of hydrogen-bond donors (Lipinski definition) is 1. The first-order chi connectivity index (χ1) is 18.2. The van der Waals surface area contributed by atoms with E-state index in [1.807, 2.05) is 0 Å². The monoisotopic (exact) mass is 523 g/mol. The fourth-order valence-corrected chi connectivity index (χ4v) is 4.21. The standard InChI is InChI=1S/C27H20F3N3O5/c1-37-19-11-9-16(10-12-19)14-33-25(35)24-23(20-7-2-3-8-21(20)38-24)32(26(33)36)15-22(34)31-18-6-4-5-17(13-18)27(28,29)30/h2-13H,14-15H2,1H3,(H,31,34). The zero-order chi connectivity index (χ0) is 27.0. The number of carbonyl (C=O) groups is 1. The number of para-hydroxylation sites is 1. The maximum atomic E-state index is 13.6. The van der Waals surface area contributed by atoms with Crippen LogP contribution in [0.2, 0.25) is 0 Å². The fourth-order valence-electron chi connectivity index (χ4n) is 4.21. The van der Waals surface area contributed by atoms with E-state index >= 15 is 0 Å². The third kappa shape index (κ3) is 4.65. The predicted molar refractivity (Wildman–Crippen MR) is 134 cm³/mol. The molecule has 0 spiro atoms. The lowest BCUT2D eigenvalue weighted by molar-refractivity contribution is -0.137. The van der Waals surface area contributed by atoms with Crippen LogP contribution in [0.3, 0.4) is 0 Å². The maximum absolute atomic E-state index is 13.6. The maximum Gasteiger partial charge on any atom is 0.416 e. The van der Waals surface area contributed by atoms with Gasteiger partial charge in [0.15, 0.2) is 0 Å². The van der Waals surface area contributed by atoms with Crippen LogP contribution in [-0.4, -0.2) is 22.2 Å². The number of carbonyl (C=O) groups excluding carboxylic acids is 1. The van der Waals surface area contributed by atoms with E-state index in [0.717, 1.165) is 21.3 Å². The zero-order valence-corrected chi connectivity index (χ0v) is 19.9. The lowest BCUT2D eigenvalue weighted by Crippen LogP contribution is -2.41. The molecule has 5 rings (SSSR count). The fraction of sp³-hybridized carbons (Fsp3) is 0.148. The van der Waals surface area contributed by atoms with Gasteiger partial charge in [-0.2, -0.15) is 13.2 Å². The number of nitrogens with zero attached hydrogens (tertiary/aromatic N) is 2. The molecule has 0 unspecified atom stereocenters. The van der Waals surface area contributed by atoms with E-state index in [1.165, 1.54) is 19.2 Å². The first-order valence-electron chi connectivity index (χ1n) is 11.4. The smallest absolute Gasteiger partial charge is 0.416 e. The number of amides is 1. The van der Waals surface area contributed by atoms with Gasteiger partial charge in [0, 0.05) is 11.1 Å². The van der Waals surface area contributed by atoms with Crippen molar-refractivity contribution in [1.82, 2.24) is 9.13 Å². The topological polar surface area (TPSA) is 95.5 Å². The molecule has 2 heterocycles. The lowest BCUT2D eigenvalue weighted by atomic mass is 10.2. The van der Waals surface area contributed by atoms with Crippen LogP contribution >= 0.6 is 0 Å². The average molecular weight is 523 g/mol. The molecule has 0 saturated carbocycles. The van der Waals surface area contributed by atoms with Gasteiger partial charge in [-0.25, -0.2) is 4.79 Å². The van der Waals surface area contributed by atoms with Crippen LogP contribution in [-0.2, 0) is 24.1 Å². The highest BCUT2D eigenvalue weighted by Gasteiger charge is 2.30. The largest absolute Gasteiger partial charge is 0.497 e. The van der Waals surface area contributed by atoms with Gasteiger partial charge in [0.1, 0.15) is 23.4 Å². The Kier molecular flexibility index (Phi) is 6.27. The molecule has 0 radical (unpaired) electrons. The molecule has 0 fully saturated rings. The number of nitrogens with one attached hydrogen (secondary N) is 1. The molecule has 0 aliphatic heterocycles. The zero-order valence-electron chi connectivity index (χ0n) is 19.9. The van der Waals surface area contributed by atoms with Crippen molar-refractivity contribution in [2.45, 2.75) is 19.3 Å². The number of fused-ring (bicyclic) bond motifs is 3. The van der Waals surface area contributed by atoms with E-state index in [-0.39, 0.29) is 23.3 Å². The highest BCUT2D eigenvalue weighted by molar-refractivity contribution is 6.03. The predicted octanol–water partition coefficient (Wildman–Crippen LogP) is 4.62. The minimum absolute atomic E-state index is 0.0854. The van der Waals surface area contributed by atoms with Crippen LogP contribution in [0.15, 0.2) is 86.8 Å². The van der Waals surface area contributed by atoms with E-state index in [1.54, 1.807) is 48.5 Å². The van der Waals surface area contributed by atoms with Gasteiger partial charge in [0.2, 0.25) is 11.5 Å². The van der Waals surface area contributed by atoms with Crippen molar-refractivity contribution in [3.63, 3.8) is 0 Å². The van der Waals surface area contributed by atoms with Gasteiger partial charge >= 0.3 is 11.9 Å². The van der Waals surface area contributed by atoms with Crippen LogP contribution in [0.25, 0.3) is 22.1 Å². The van der Waals surface area contributed by atoms with Crippen LogP contribution < -0.4 is 21.3 Å². The van der Waals surface area contributed by atoms with Gasteiger partial charge in [0.05, 0.1) is 19.2 Å². The second kappa shape index (κ2) is 9.58. The summed E-state index contributed by atoms with van der Waals surface area (Å²) in [4.78, 5) is 39.8. The van der Waals surface area contributed by atoms with Gasteiger partial charge in [-0.05, 0) is 48.0 Å². The Labute approximate surface area is 212 Å². The summed E-state index contributed by atoms with van der Waals surface area (Å²) in [7, 11) is 1.51. The normalized spacial score (nSPS) is 11.7. The lowest BCUT2D eigenvalue weighted by Gasteiger charge is -2.13. The van der Waals surface area contributed by atoms with E-state index in [0.29, 0.717) is 22.3 Å². The Morgan fingerprint density at radius 1 is 0.974 bits per heavy atom. The van der Waals surface area contributed by atoms with Crippen LogP contribution in [0.4, 0.5) is 18.9 Å². The van der Waals surface area contributed by atoms with Crippen molar-refractivity contribution in [3.8, 4) is 5.75 Å². The Balaban J connectivity index is 1.59. The van der Waals surface area contributed by atoms with Gasteiger partial charge in [-0.1, -0.05) is 30.3 Å². The number of hydrogen-bond acceptors (Lipinski definition) is 5. The van der Waals surface area contributed by atoms with E-state index < -0.39 is 35.4 Å². The number of alkyl halides is 3. The van der Waals surface area contributed by atoms with Crippen LogP contribution in [0, 0.1) is 0 Å². The van der Waals surface area contributed by atoms with Gasteiger partial charge in [-0.15, -0.1) is 0 Å². The summed E-state index contributed by atoms with van der Waals surface area (Å²) < 4.78 is 52.2. The van der Waals surface area contributed by atoms with Crippen molar-refractivity contribution in [2.75, 3.05) is 12.4 Å². The second-order valence-corrected chi connectivity index (χ2v) is 8.51. The van der Waals surface area contributed by atoms with Crippen molar-refractivity contribution in [3.05, 3.63) is 105 Å². The first-order valence-corrected chi connectivity index (χ1v) is 11.4. The quantitative estimate of drug-likeness (QED) is 0.350. The summed E-state index contributed by atoms with van der Waals surface area (Å²) >= 11 is 0. The van der Waals surface area contributed by atoms with Crippen molar-refractivity contribution < 1.29 is 27.1 Å². The molecular formula is C27H20F3N3O5. The second-order valence-electron chi connectivity index (χ2n) is 8.51. The average Bonchev–Trinajstić information content (AvgIpc) is 3.29. The molecule has 2 aromatic heterocycles. The minimum atomic E-state index is -4.59. The molecule has 0 saturated heterocycles. The first kappa shape index (κ1) is 24.9. The molecule has 1 amide bonds. The molecule has 0 aliphatic carbocycles. The Morgan fingerprint density at radius 3 is 2.42 bits per heavy atom. The number of halogens is 3. The highest BCUT2D eigenvalue weighted by atomic mass is 19.4. The summed E-state index contributed by atoms with van der Waals surface area (Å²) in [5.41, 5.74) is -1.49. The number of aromatic nitrogens is 2.